The van der Waals surface area contributed by atoms with Gasteiger partial charge in [-0.3, -0.25) is 24.1 Å². The molecule has 1 rings (SSSR count). The fraction of sp³-hybridized carbons (Fsp3) is 0.625. The van der Waals surface area contributed by atoms with Crippen LogP contribution in [0.2, 0.25) is 0 Å². The van der Waals surface area contributed by atoms with Crippen LogP contribution in [0.15, 0.2) is 12.2 Å². The summed E-state index contributed by atoms with van der Waals surface area (Å²) >= 11 is 0. The molecule has 0 atom stereocenters. The molecule has 0 N–H and O–H groups in total. The van der Waals surface area contributed by atoms with E-state index in [4.69, 9.17) is 9.47 Å². The topological polar surface area (TPSA) is 90.0 Å². The van der Waals surface area contributed by atoms with Crippen LogP contribution >= 0.6 is 0 Å². The van der Waals surface area contributed by atoms with Gasteiger partial charge in [0.25, 0.3) is 11.8 Å². The number of carbonyl (C=O) groups excluding carboxylic acids is 4. The molecule has 0 saturated carbocycles. The number of hydrogen-bond acceptors (Lipinski definition) is 6. The molecule has 0 aromatic carbocycles. The van der Waals surface area contributed by atoms with E-state index in [9.17, 15) is 19.2 Å². The van der Waals surface area contributed by atoms with E-state index in [0.717, 1.165) is 0 Å². The Labute approximate surface area is 135 Å². The van der Waals surface area contributed by atoms with Crippen LogP contribution in [0, 0.1) is 0 Å². The third kappa shape index (κ3) is 7.58. The van der Waals surface area contributed by atoms with Crippen LogP contribution in [-0.4, -0.2) is 47.4 Å². The Bertz CT molecular complexity index is 485. The fourth-order valence-corrected chi connectivity index (χ4v) is 1.93. The summed E-state index contributed by atoms with van der Waals surface area (Å²) in [6.07, 6.45) is 4.05. The Morgan fingerprint density at radius 1 is 1.00 bits per heavy atom. The molecule has 2 amide bonds. The van der Waals surface area contributed by atoms with Crippen LogP contribution in [0.1, 0.15) is 46.5 Å². The minimum atomic E-state index is -0.628. The molecule has 23 heavy (non-hydrogen) atoms. The van der Waals surface area contributed by atoms with E-state index >= 15 is 0 Å². The summed E-state index contributed by atoms with van der Waals surface area (Å²) in [7, 11) is 0. The van der Waals surface area contributed by atoms with Gasteiger partial charge in [-0.05, 0) is 40.0 Å². The first kappa shape index (κ1) is 18.9. The van der Waals surface area contributed by atoms with Gasteiger partial charge in [0.2, 0.25) is 0 Å². The van der Waals surface area contributed by atoms with Crippen molar-refractivity contribution in [1.82, 2.24) is 4.90 Å². The fourth-order valence-electron chi connectivity index (χ4n) is 1.93. The largest absolute Gasteiger partial charge is 0.465 e. The predicted octanol–water partition coefficient (Wildman–Crippen LogP) is 1.36. The van der Waals surface area contributed by atoms with Gasteiger partial charge < -0.3 is 9.47 Å². The van der Waals surface area contributed by atoms with E-state index in [1.807, 2.05) is 0 Å². The van der Waals surface area contributed by atoms with Crippen LogP contribution in [-0.2, 0) is 28.7 Å². The van der Waals surface area contributed by atoms with E-state index in [0.29, 0.717) is 25.8 Å². The van der Waals surface area contributed by atoms with E-state index in [-0.39, 0.29) is 18.4 Å². The van der Waals surface area contributed by atoms with Crippen LogP contribution in [0.25, 0.3) is 0 Å². The highest BCUT2D eigenvalue weighted by Crippen LogP contribution is 2.09. The number of imide groups is 1. The maximum Gasteiger partial charge on any atom is 0.317 e. The van der Waals surface area contributed by atoms with Gasteiger partial charge in [-0.1, -0.05) is 0 Å². The molecule has 0 radical (unpaired) electrons. The SMILES string of the molecule is CC(C)(C)OC(=O)CC(=O)OCCCCCN1C(=O)C=CC1=O. The molecule has 0 saturated heterocycles. The third-order valence-electron chi connectivity index (χ3n) is 2.90. The number of rotatable bonds is 8. The number of hydrogen-bond donors (Lipinski definition) is 0. The van der Waals surface area contributed by atoms with Crippen LogP contribution in [0.3, 0.4) is 0 Å². The maximum atomic E-state index is 11.4. The zero-order valence-corrected chi connectivity index (χ0v) is 13.8. The molecule has 0 fully saturated rings. The van der Waals surface area contributed by atoms with Crippen LogP contribution < -0.4 is 0 Å². The molecule has 1 aliphatic heterocycles. The Balaban J connectivity index is 2.06. The van der Waals surface area contributed by atoms with Gasteiger partial charge in [-0.2, -0.15) is 0 Å². The zero-order chi connectivity index (χ0) is 17.5. The summed E-state index contributed by atoms with van der Waals surface area (Å²) in [5, 5.41) is 0. The van der Waals surface area contributed by atoms with Gasteiger partial charge in [-0.15, -0.1) is 0 Å². The third-order valence-corrected chi connectivity index (χ3v) is 2.90. The van der Waals surface area contributed by atoms with E-state index < -0.39 is 24.0 Å². The second kappa shape index (κ2) is 8.45. The zero-order valence-electron chi connectivity index (χ0n) is 13.8. The monoisotopic (exact) mass is 325 g/mol. The number of amides is 2. The van der Waals surface area contributed by atoms with Crippen molar-refractivity contribution in [3.63, 3.8) is 0 Å². The molecule has 0 aromatic rings. The van der Waals surface area contributed by atoms with Crippen molar-refractivity contribution in [1.29, 1.82) is 0 Å². The molecule has 0 bridgehead atoms. The van der Waals surface area contributed by atoms with Crippen molar-refractivity contribution in [2.45, 2.75) is 52.1 Å². The summed E-state index contributed by atoms with van der Waals surface area (Å²) in [6.45, 7) is 5.73. The normalized spacial score (nSPS) is 14.3. The van der Waals surface area contributed by atoms with E-state index in [1.165, 1.54) is 17.1 Å². The second-order valence-electron chi connectivity index (χ2n) is 6.21. The van der Waals surface area contributed by atoms with Gasteiger partial charge in [0.05, 0.1) is 6.61 Å². The molecular formula is C16H23NO6. The molecule has 0 spiro atoms. The van der Waals surface area contributed by atoms with Crippen molar-refractivity contribution in [2.24, 2.45) is 0 Å². The van der Waals surface area contributed by atoms with Crippen molar-refractivity contribution >= 4 is 23.8 Å². The molecule has 0 aliphatic carbocycles. The summed E-state index contributed by atoms with van der Waals surface area (Å²) in [6, 6.07) is 0. The Morgan fingerprint density at radius 3 is 2.17 bits per heavy atom. The molecule has 7 heteroatoms. The molecular weight excluding hydrogens is 302 g/mol. The first-order valence-electron chi connectivity index (χ1n) is 7.60. The average Bonchev–Trinajstić information content (AvgIpc) is 2.71. The number of unbranched alkanes of at least 4 members (excludes halogenated alkanes) is 2. The first-order valence-corrected chi connectivity index (χ1v) is 7.60. The quantitative estimate of drug-likeness (QED) is 0.290. The van der Waals surface area contributed by atoms with E-state index in [2.05, 4.69) is 0 Å². The van der Waals surface area contributed by atoms with Crippen molar-refractivity contribution in [3.05, 3.63) is 12.2 Å². The summed E-state index contributed by atoms with van der Waals surface area (Å²) in [4.78, 5) is 46.6. The molecule has 128 valence electrons. The lowest BCUT2D eigenvalue weighted by molar-refractivity contribution is -0.161. The van der Waals surface area contributed by atoms with Gasteiger partial charge in [0.15, 0.2) is 0 Å². The summed E-state index contributed by atoms with van der Waals surface area (Å²) in [5.74, 6) is -1.81. The average molecular weight is 325 g/mol. The van der Waals surface area contributed by atoms with Crippen molar-refractivity contribution in [3.8, 4) is 0 Å². The first-order chi connectivity index (χ1) is 10.7. The van der Waals surface area contributed by atoms with Crippen molar-refractivity contribution < 1.29 is 28.7 Å². The van der Waals surface area contributed by atoms with Gasteiger partial charge in [0, 0.05) is 18.7 Å². The Morgan fingerprint density at radius 2 is 1.61 bits per heavy atom. The Kier molecular flexibility index (Phi) is 6.93. The number of carbonyl (C=O) groups is 4. The predicted molar refractivity (Wildman–Crippen MR) is 81.1 cm³/mol. The highest BCUT2D eigenvalue weighted by atomic mass is 16.6. The van der Waals surface area contributed by atoms with Gasteiger partial charge in [-0.25, -0.2) is 0 Å². The molecule has 1 heterocycles. The molecule has 0 unspecified atom stereocenters. The summed E-state index contributed by atoms with van der Waals surface area (Å²) < 4.78 is 9.96. The standard InChI is InChI=1S/C16H23NO6/c1-16(2,3)23-15(21)11-14(20)22-10-6-4-5-9-17-12(18)7-8-13(17)19/h7-8H,4-6,9-11H2,1-3H3. The molecule has 0 aromatic heterocycles. The second-order valence-corrected chi connectivity index (χ2v) is 6.21. The lowest BCUT2D eigenvalue weighted by atomic mass is 10.2. The van der Waals surface area contributed by atoms with Gasteiger partial charge in [0.1, 0.15) is 12.0 Å². The lowest BCUT2D eigenvalue weighted by Crippen LogP contribution is -2.30. The van der Waals surface area contributed by atoms with Gasteiger partial charge >= 0.3 is 11.9 Å². The maximum absolute atomic E-state index is 11.4. The highest BCUT2D eigenvalue weighted by Gasteiger charge is 2.22. The lowest BCUT2D eigenvalue weighted by Gasteiger charge is -2.19. The summed E-state index contributed by atoms with van der Waals surface area (Å²) in [5.41, 5.74) is -0.628. The van der Waals surface area contributed by atoms with E-state index in [1.54, 1.807) is 20.8 Å². The van der Waals surface area contributed by atoms with Crippen LogP contribution in [0.4, 0.5) is 0 Å². The molecule has 1 aliphatic rings. The molecule has 7 nitrogen and oxygen atoms in total. The Hall–Kier alpha value is -2.18. The number of ether oxygens (including phenoxy) is 2. The van der Waals surface area contributed by atoms with Crippen LogP contribution in [0.5, 0.6) is 0 Å². The smallest absolute Gasteiger partial charge is 0.317 e. The van der Waals surface area contributed by atoms with Crippen molar-refractivity contribution in [2.75, 3.05) is 13.2 Å². The number of nitrogens with zero attached hydrogens (tertiary/aromatic N) is 1. The minimum Gasteiger partial charge on any atom is -0.465 e. The minimum absolute atomic E-state index is 0.196. The highest BCUT2D eigenvalue weighted by molar-refractivity contribution is 6.12. The number of esters is 2.